The van der Waals surface area contributed by atoms with Crippen molar-refractivity contribution in [2.75, 3.05) is 30.9 Å². The zero-order chi connectivity index (χ0) is 21.7. The van der Waals surface area contributed by atoms with Crippen molar-refractivity contribution in [2.24, 2.45) is 5.92 Å². The van der Waals surface area contributed by atoms with Crippen LogP contribution in [0.1, 0.15) is 36.0 Å². The van der Waals surface area contributed by atoms with Gasteiger partial charge in [-0.05, 0) is 49.8 Å². The van der Waals surface area contributed by atoms with Crippen LogP contribution >= 0.6 is 11.6 Å². The molecule has 0 spiro atoms. The van der Waals surface area contributed by atoms with E-state index in [9.17, 15) is 14.9 Å². The molecule has 1 aromatic carbocycles. The van der Waals surface area contributed by atoms with Crippen molar-refractivity contribution in [3.05, 3.63) is 51.2 Å². The van der Waals surface area contributed by atoms with Crippen LogP contribution in [0.15, 0.2) is 30.5 Å². The van der Waals surface area contributed by atoms with Crippen LogP contribution in [0.3, 0.4) is 0 Å². The Morgan fingerprint density at radius 2 is 2.00 bits per heavy atom. The average Bonchev–Trinajstić information content (AvgIpc) is 2.73. The summed E-state index contributed by atoms with van der Waals surface area (Å²) in [6.45, 7) is 0.536. The van der Waals surface area contributed by atoms with E-state index in [2.05, 4.69) is 20.6 Å². The predicted molar refractivity (Wildman–Crippen MR) is 116 cm³/mol. The van der Waals surface area contributed by atoms with E-state index < -0.39 is 4.92 Å². The van der Waals surface area contributed by atoms with E-state index in [0.29, 0.717) is 24.5 Å². The highest BCUT2D eigenvalue weighted by atomic mass is 35.5. The van der Waals surface area contributed by atoms with Crippen molar-refractivity contribution in [1.29, 1.82) is 0 Å². The Balaban J connectivity index is 1.47. The van der Waals surface area contributed by atoms with Crippen LogP contribution in [0.5, 0.6) is 0 Å². The van der Waals surface area contributed by atoms with Gasteiger partial charge in [-0.2, -0.15) is 4.98 Å². The Labute approximate surface area is 180 Å². The molecule has 1 aromatic heterocycles. The Hall–Kier alpha value is -2.94. The molecule has 1 aliphatic rings. The molecule has 30 heavy (non-hydrogen) atoms. The second-order valence-electron chi connectivity index (χ2n) is 7.63. The molecule has 1 heterocycles. The van der Waals surface area contributed by atoms with Crippen LogP contribution in [0.4, 0.5) is 17.5 Å². The molecule has 0 saturated heterocycles. The van der Waals surface area contributed by atoms with E-state index in [4.69, 9.17) is 11.6 Å². The maximum atomic E-state index is 12.4. The Bertz CT molecular complexity index is 915. The summed E-state index contributed by atoms with van der Waals surface area (Å²) >= 11 is 5.80. The third-order valence-corrected chi connectivity index (χ3v) is 5.55. The summed E-state index contributed by atoms with van der Waals surface area (Å²) in [4.78, 5) is 33.5. The maximum absolute atomic E-state index is 12.4. The van der Waals surface area contributed by atoms with Gasteiger partial charge in [0.2, 0.25) is 5.95 Å². The Morgan fingerprint density at radius 3 is 2.67 bits per heavy atom. The first kappa shape index (κ1) is 21.8. The quantitative estimate of drug-likeness (QED) is 0.508. The molecule has 0 aliphatic heterocycles. The highest BCUT2D eigenvalue weighted by Gasteiger charge is 2.23. The molecule has 10 heteroatoms. The number of benzene rings is 1. The number of carbonyl (C=O) groups is 1. The summed E-state index contributed by atoms with van der Waals surface area (Å²) in [5.41, 5.74) is -0.0316. The highest BCUT2D eigenvalue weighted by molar-refractivity contribution is 6.32. The summed E-state index contributed by atoms with van der Waals surface area (Å²) in [6.07, 6.45) is 5.59. The van der Waals surface area contributed by atoms with E-state index in [0.717, 1.165) is 31.5 Å². The number of carbonyl (C=O) groups excluding carboxylic acids is 1. The van der Waals surface area contributed by atoms with E-state index in [1.165, 1.54) is 18.2 Å². The van der Waals surface area contributed by atoms with E-state index in [1.807, 2.05) is 25.1 Å². The summed E-state index contributed by atoms with van der Waals surface area (Å²) in [5, 5.41) is 17.3. The minimum atomic E-state index is -0.592. The fourth-order valence-electron chi connectivity index (χ4n) is 3.49. The molecule has 2 aromatic rings. The number of nitro groups is 1. The van der Waals surface area contributed by atoms with Gasteiger partial charge in [0, 0.05) is 44.5 Å². The van der Waals surface area contributed by atoms with E-state index in [-0.39, 0.29) is 22.2 Å². The van der Waals surface area contributed by atoms with Crippen molar-refractivity contribution < 1.29 is 9.72 Å². The molecular formula is C20H25ClN6O3. The first-order chi connectivity index (χ1) is 14.3. The zero-order valence-corrected chi connectivity index (χ0v) is 17.7. The van der Waals surface area contributed by atoms with Crippen LogP contribution < -0.4 is 15.5 Å². The van der Waals surface area contributed by atoms with Crippen molar-refractivity contribution in [3.63, 3.8) is 0 Å². The van der Waals surface area contributed by atoms with Gasteiger partial charge < -0.3 is 15.5 Å². The first-order valence-electron chi connectivity index (χ1n) is 9.82. The first-order valence-corrected chi connectivity index (χ1v) is 10.2. The molecule has 9 nitrogen and oxygen atoms in total. The van der Waals surface area contributed by atoms with Gasteiger partial charge in [0.15, 0.2) is 0 Å². The number of aromatic nitrogens is 2. The van der Waals surface area contributed by atoms with Gasteiger partial charge >= 0.3 is 0 Å². The van der Waals surface area contributed by atoms with Gasteiger partial charge in [-0.25, -0.2) is 4.98 Å². The second kappa shape index (κ2) is 9.71. The lowest BCUT2D eigenvalue weighted by Gasteiger charge is -2.29. The third-order valence-electron chi connectivity index (χ3n) is 5.24. The molecule has 1 aliphatic carbocycles. The zero-order valence-electron chi connectivity index (χ0n) is 17.0. The van der Waals surface area contributed by atoms with Crippen LogP contribution in [-0.2, 0) is 0 Å². The minimum absolute atomic E-state index is 0.0162. The minimum Gasteiger partial charge on any atom is -0.363 e. The fourth-order valence-corrected chi connectivity index (χ4v) is 3.68. The smallest absolute Gasteiger partial charge is 0.288 e. The fraction of sp³-hybridized carbons (Fsp3) is 0.450. The predicted octanol–water partition coefficient (Wildman–Crippen LogP) is 3.50. The van der Waals surface area contributed by atoms with Crippen LogP contribution in [0.2, 0.25) is 5.02 Å². The largest absolute Gasteiger partial charge is 0.363 e. The lowest BCUT2D eigenvalue weighted by molar-refractivity contribution is -0.384. The van der Waals surface area contributed by atoms with Gasteiger partial charge in [-0.1, -0.05) is 11.6 Å². The highest BCUT2D eigenvalue weighted by Crippen LogP contribution is 2.27. The normalized spacial score (nSPS) is 18.5. The Kier molecular flexibility index (Phi) is 7.04. The molecular weight excluding hydrogens is 408 g/mol. The number of nitro benzene ring substituents is 1. The summed E-state index contributed by atoms with van der Waals surface area (Å²) < 4.78 is 0. The summed E-state index contributed by atoms with van der Waals surface area (Å²) in [6, 6.07) is 6.24. The molecule has 1 fully saturated rings. The van der Waals surface area contributed by atoms with Gasteiger partial charge in [0.1, 0.15) is 10.8 Å². The molecule has 0 radical (unpaired) electrons. The molecule has 0 bridgehead atoms. The van der Waals surface area contributed by atoms with Crippen molar-refractivity contribution in [1.82, 2.24) is 15.3 Å². The second-order valence-corrected chi connectivity index (χ2v) is 8.04. The number of nitrogens with one attached hydrogen (secondary N) is 2. The molecule has 2 N–H and O–H groups in total. The van der Waals surface area contributed by atoms with Crippen molar-refractivity contribution in [3.8, 4) is 0 Å². The average molecular weight is 433 g/mol. The topological polar surface area (TPSA) is 113 Å². The molecule has 3 rings (SSSR count). The molecule has 1 saturated carbocycles. The molecule has 160 valence electrons. The summed E-state index contributed by atoms with van der Waals surface area (Å²) in [5.74, 6) is 1.51. The number of hydrogen-bond donors (Lipinski definition) is 2. The third kappa shape index (κ3) is 5.56. The maximum Gasteiger partial charge on any atom is 0.288 e. The van der Waals surface area contributed by atoms with E-state index in [1.54, 1.807) is 6.20 Å². The SMILES string of the molecule is CN(C)c1ccnc(N[C@H]2CC[C@@H](CNC(=O)c3ccc(Cl)c([N+](=O)[O-])c3)CC2)n1. The lowest BCUT2D eigenvalue weighted by Crippen LogP contribution is -2.34. The number of nitrogens with zero attached hydrogens (tertiary/aromatic N) is 4. The molecule has 0 unspecified atom stereocenters. The number of rotatable bonds is 7. The van der Waals surface area contributed by atoms with Crippen LogP contribution in [0.25, 0.3) is 0 Å². The monoisotopic (exact) mass is 432 g/mol. The lowest BCUT2D eigenvalue weighted by atomic mass is 9.86. The Morgan fingerprint density at radius 1 is 1.27 bits per heavy atom. The van der Waals surface area contributed by atoms with E-state index >= 15 is 0 Å². The molecule has 1 amide bonds. The number of halogens is 1. The number of amides is 1. The standard InChI is InChI=1S/C20H25ClN6O3/c1-26(2)18-9-10-22-20(25-18)24-15-6-3-13(4-7-15)12-23-19(28)14-5-8-16(21)17(11-14)27(29)30/h5,8-11,13,15H,3-4,6-7,12H2,1-2H3,(H,23,28)(H,22,24,25)/t13-,15+. The van der Waals surface area contributed by atoms with Gasteiger partial charge in [-0.3, -0.25) is 14.9 Å². The summed E-state index contributed by atoms with van der Waals surface area (Å²) in [7, 11) is 3.88. The van der Waals surface area contributed by atoms with Crippen molar-refractivity contribution >= 4 is 35.0 Å². The van der Waals surface area contributed by atoms with Gasteiger partial charge in [-0.15, -0.1) is 0 Å². The van der Waals surface area contributed by atoms with Gasteiger partial charge in [0.25, 0.3) is 11.6 Å². The molecule has 0 atom stereocenters. The van der Waals surface area contributed by atoms with Crippen LogP contribution in [-0.4, -0.2) is 47.5 Å². The number of hydrogen-bond acceptors (Lipinski definition) is 7. The number of anilines is 2. The van der Waals surface area contributed by atoms with Crippen LogP contribution in [0, 0.1) is 16.0 Å². The van der Waals surface area contributed by atoms with Crippen molar-refractivity contribution in [2.45, 2.75) is 31.7 Å². The van der Waals surface area contributed by atoms with Gasteiger partial charge in [0.05, 0.1) is 4.92 Å².